The molecule has 0 fully saturated rings. The van der Waals surface area contributed by atoms with E-state index < -0.39 is 0 Å². The van der Waals surface area contributed by atoms with Crippen LogP contribution in [0, 0.1) is 0 Å². The van der Waals surface area contributed by atoms with Crippen LogP contribution in [-0.4, -0.2) is 0 Å². The second-order valence-corrected chi connectivity index (χ2v) is 6.85. The van der Waals surface area contributed by atoms with Crippen LogP contribution < -0.4 is 5.32 Å². The monoisotopic (exact) mass is 349 g/mol. The molecule has 2 atom stereocenters. The number of halogens is 1. The molecule has 0 aliphatic carbocycles. The summed E-state index contributed by atoms with van der Waals surface area (Å²) < 4.78 is 7.00. The lowest BCUT2D eigenvalue weighted by Gasteiger charge is -2.17. The fourth-order valence-electron chi connectivity index (χ4n) is 2.33. The number of benzene rings is 1. The van der Waals surface area contributed by atoms with Crippen LogP contribution in [0.2, 0.25) is 0 Å². The third kappa shape index (κ3) is 2.82. The van der Waals surface area contributed by atoms with Crippen LogP contribution in [0.4, 0.5) is 0 Å². The molecule has 2 unspecified atom stereocenters. The summed E-state index contributed by atoms with van der Waals surface area (Å²) in [4.78, 5) is 1.34. The maximum absolute atomic E-state index is 5.92. The first kappa shape index (κ1) is 13.9. The second kappa shape index (κ2) is 5.72. The Balaban J connectivity index is 1.80. The van der Waals surface area contributed by atoms with Crippen LogP contribution in [0.25, 0.3) is 11.0 Å². The fourth-order valence-corrected chi connectivity index (χ4v) is 3.45. The molecule has 1 aromatic carbocycles. The molecular weight excluding hydrogens is 334 g/mol. The maximum Gasteiger partial charge on any atom is 0.134 e. The largest absolute Gasteiger partial charge is 0.459 e. The van der Waals surface area contributed by atoms with E-state index in [4.69, 9.17) is 4.42 Å². The molecule has 104 valence electrons. The lowest BCUT2D eigenvalue weighted by molar-refractivity contribution is 0.420. The summed E-state index contributed by atoms with van der Waals surface area (Å²) in [5.74, 6) is 0.974. The summed E-state index contributed by atoms with van der Waals surface area (Å²) >= 11 is 5.27. The van der Waals surface area contributed by atoms with Crippen molar-refractivity contribution < 1.29 is 4.42 Å². The van der Waals surface area contributed by atoms with E-state index in [1.807, 2.05) is 12.1 Å². The Morgan fingerprint density at radius 2 is 2.00 bits per heavy atom. The van der Waals surface area contributed by atoms with Gasteiger partial charge in [-0.05, 0) is 49.6 Å². The highest BCUT2D eigenvalue weighted by Gasteiger charge is 2.15. The zero-order valence-corrected chi connectivity index (χ0v) is 13.8. The van der Waals surface area contributed by atoms with Gasteiger partial charge < -0.3 is 9.73 Å². The van der Waals surface area contributed by atoms with Crippen molar-refractivity contribution in [2.24, 2.45) is 0 Å². The third-order valence-corrected chi connectivity index (χ3v) is 4.94. The molecule has 1 N–H and O–H groups in total. The van der Waals surface area contributed by atoms with Crippen molar-refractivity contribution in [3.05, 3.63) is 56.9 Å². The van der Waals surface area contributed by atoms with Crippen molar-refractivity contribution in [1.29, 1.82) is 0 Å². The van der Waals surface area contributed by atoms with E-state index in [0.717, 1.165) is 21.2 Å². The zero-order chi connectivity index (χ0) is 14.1. The van der Waals surface area contributed by atoms with E-state index in [1.165, 1.54) is 4.88 Å². The van der Waals surface area contributed by atoms with E-state index in [9.17, 15) is 0 Å². The molecular formula is C16H16BrNOS. The second-order valence-electron chi connectivity index (χ2n) is 4.96. The molecule has 0 radical (unpaired) electrons. The molecule has 0 bridgehead atoms. The molecule has 0 aliphatic heterocycles. The number of rotatable bonds is 4. The van der Waals surface area contributed by atoms with Gasteiger partial charge >= 0.3 is 0 Å². The van der Waals surface area contributed by atoms with Gasteiger partial charge in [0.2, 0.25) is 0 Å². The first-order valence-electron chi connectivity index (χ1n) is 6.62. The van der Waals surface area contributed by atoms with E-state index in [-0.39, 0.29) is 6.04 Å². The van der Waals surface area contributed by atoms with Crippen LogP contribution in [-0.2, 0) is 0 Å². The molecule has 3 aromatic rings. The van der Waals surface area contributed by atoms with Crippen LogP contribution in [0.3, 0.4) is 0 Å². The molecule has 20 heavy (non-hydrogen) atoms. The molecule has 3 rings (SSSR count). The minimum absolute atomic E-state index is 0.179. The number of thiophene rings is 1. The van der Waals surface area contributed by atoms with E-state index in [2.05, 4.69) is 64.7 Å². The number of nitrogens with one attached hydrogen (secondary N) is 1. The topological polar surface area (TPSA) is 25.2 Å². The predicted molar refractivity (Wildman–Crippen MR) is 88.2 cm³/mol. The summed E-state index contributed by atoms with van der Waals surface area (Å²) in [7, 11) is 0. The Morgan fingerprint density at radius 1 is 1.15 bits per heavy atom. The Labute approximate surface area is 130 Å². The van der Waals surface area contributed by atoms with Crippen molar-refractivity contribution in [3.8, 4) is 0 Å². The van der Waals surface area contributed by atoms with Crippen molar-refractivity contribution >= 4 is 38.2 Å². The lowest BCUT2D eigenvalue weighted by atomic mass is 10.2. The molecule has 4 heteroatoms. The molecule has 0 saturated heterocycles. The Morgan fingerprint density at radius 3 is 2.75 bits per heavy atom. The molecule has 2 aromatic heterocycles. The first-order chi connectivity index (χ1) is 9.63. The summed E-state index contributed by atoms with van der Waals surface area (Å²) in [5.41, 5.74) is 0.931. The summed E-state index contributed by atoms with van der Waals surface area (Å²) in [5, 5.41) is 6.82. The number of furan rings is 1. The highest BCUT2D eigenvalue weighted by atomic mass is 79.9. The number of hydrogen-bond donors (Lipinski definition) is 1. The standard InChI is InChI=1S/C16H16BrNOS/c1-10(18-11(2)16-4-3-7-20-16)15-9-12-8-13(17)5-6-14(12)19-15/h3-11,18H,1-2H3. The van der Waals surface area contributed by atoms with E-state index >= 15 is 0 Å². The van der Waals surface area contributed by atoms with Gasteiger partial charge in [0, 0.05) is 20.8 Å². The molecule has 0 spiro atoms. The van der Waals surface area contributed by atoms with Gasteiger partial charge in [-0.15, -0.1) is 11.3 Å². The average molecular weight is 350 g/mol. The van der Waals surface area contributed by atoms with Gasteiger partial charge in [-0.2, -0.15) is 0 Å². The van der Waals surface area contributed by atoms with Gasteiger partial charge in [0.15, 0.2) is 0 Å². The van der Waals surface area contributed by atoms with Crippen molar-refractivity contribution in [3.63, 3.8) is 0 Å². The van der Waals surface area contributed by atoms with Crippen molar-refractivity contribution in [2.45, 2.75) is 25.9 Å². The number of fused-ring (bicyclic) bond motifs is 1. The molecule has 0 aliphatic rings. The summed E-state index contributed by atoms with van der Waals surface area (Å²) in [6.45, 7) is 4.32. The lowest BCUT2D eigenvalue weighted by Crippen LogP contribution is -2.21. The minimum Gasteiger partial charge on any atom is -0.459 e. The smallest absolute Gasteiger partial charge is 0.134 e. The van der Waals surface area contributed by atoms with Gasteiger partial charge in [-0.3, -0.25) is 0 Å². The van der Waals surface area contributed by atoms with Crippen molar-refractivity contribution in [1.82, 2.24) is 5.32 Å². The van der Waals surface area contributed by atoms with Gasteiger partial charge in [0.25, 0.3) is 0 Å². The SMILES string of the molecule is CC(NC(C)c1cccs1)c1cc2cc(Br)ccc2o1. The highest BCUT2D eigenvalue weighted by Crippen LogP contribution is 2.28. The Kier molecular flexibility index (Phi) is 3.96. The normalized spacial score (nSPS) is 14.6. The summed E-state index contributed by atoms with van der Waals surface area (Å²) in [6, 6.07) is 12.9. The summed E-state index contributed by atoms with van der Waals surface area (Å²) in [6.07, 6.45) is 0. The highest BCUT2D eigenvalue weighted by molar-refractivity contribution is 9.10. The van der Waals surface area contributed by atoms with Crippen LogP contribution in [0.15, 0.2) is 50.7 Å². The maximum atomic E-state index is 5.92. The van der Waals surface area contributed by atoms with Crippen LogP contribution in [0.5, 0.6) is 0 Å². The van der Waals surface area contributed by atoms with Gasteiger partial charge in [0.05, 0.1) is 6.04 Å². The molecule has 0 saturated carbocycles. The van der Waals surface area contributed by atoms with E-state index in [0.29, 0.717) is 6.04 Å². The zero-order valence-electron chi connectivity index (χ0n) is 11.4. The van der Waals surface area contributed by atoms with Gasteiger partial charge in [-0.25, -0.2) is 0 Å². The molecule has 0 amide bonds. The Hall–Kier alpha value is -1.10. The fraction of sp³-hybridized carbons (Fsp3) is 0.250. The minimum atomic E-state index is 0.179. The first-order valence-corrected chi connectivity index (χ1v) is 8.29. The molecule has 2 heterocycles. The Bertz CT molecular complexity index is 704. The van der Waals surface area contributed by atoms with E-state index in [1.54, 1.807) is 11.3 Å². The average Bonchev–Trinajstić information content (AvgIpc) is 3.07. The third-order valence-electron chi connectivity index (χ3n) is 3.39. The van der Waals surface area contributed by atoms with Crippen LogP contribution in [0.1, 0.15) is 36.6 Å². The molecule has 2 nitrogen and oxygen atoms in total. The van der Waals surface area contributed by atoms with Crippen LogP contribution >= 0.6 is 27.3 Å². The quantitative estimate of drug-likeness (QED) is 0.656. The van der Waals surface area contributed by atoms with Crippen molar-refractivity contribution in [2.75, 3.05) is 0 Å². The number of hydrogen-bond acceptors (Lipinski definition) is 3. The van der Waals surface area contributed by atoms with Gasteiger partial charge in [0.1, 0.15) is 11.3 Å². The predicted octanol–water partition coefficient (Wildman–Crippen LogP) is 5.67. The van der Waals surface area contributed by atoms with Gasteiger partial charge in [-0.1, -0.05) is 22.0 Å².